The van der Waals surface area contributed by atoms with E-state index in [0.717, 1.165) is 50.4 Å². The Morgan fingerprint density at radius 2 is 1.92 bits per heavy atom. The third-order valence-electron chi connectivity index (χ3n) is 4.61. The number of aromatic nitrogens is 2. The molecule has 2 heterocycles. The van der Waals surface area contributed by atoms with Gasteiger partial charge in [0.2, 0.25) is 17.6 Å². The van der Waals surface area contributed by atoms with Gasteiger partial charge in [0.25, 0.3) is 0 Å². The molecular weight excluding hydrogens is 356 g/mol. The van der Waals surface area contributed by atoms with E-state index in [1.54, 1.807) is 0 Å². The fourth-order valence-corrected chi connectivity index (χ4v) is 2.93. The zero-order valence-corrected chi connectivity index (χ0v) is 15.3. The van der Waals surface area contributed by atoms with Gasteiger partial charge < -0.3 is 19.9 Å². The molecular formula is C18H23ClN4O3. The van der Waals surface area contributed by atoms with Crippen molar-refractivity contribution >= 4 is 24.0 Å². The molecule has 1 aliphatic carbocycles. The van der Waals surface area contributed by atoms with Crippen LogP contribution < -0.4 is 15.4 Å². The van der Waals surface area contributed by atoms with E-state index < -0.39 is 0 Å². The van der Waals surface area contributed by atoms with E-state index in [4.69, 9.17) is 9.26 Å². The number of nitrogens with zero attached hydrogens (tertiary/aromatic N) is 2. The zero-order chi connectivity index (χ0) is 17.1. The van der Waals surface area contributed by atoms with Crippen molar-refractivity contribution in [2.24, 2.45) is 5.92 Å². The maximum absolute atomic E-state index is 12.2. The number of rotatable bonds is 6. The number of amides is 1. The molecule has 0 unspecified atom stereocenters. The first-order chi connectivity index (χ1) is 12.3. The number of benzene rings is 1. The highest BCUT2D eigenvalue weighted by molar-refractivity contribution is 5.92. The van der Waals surface area contributed by atoms with Gasteiger partial charge in [0.15, 0.2) is 6.61 Å². The van der Waals surface area contributed by atoms with Crippen molar-refractivity contribution in [3.8, 4) is 5.75 Å². The number of ether oxygens (including phenoxy) is 1. The van der Waals surface area contributed by atoms with Crippen molar-refractivity contribution < 1.29 is 14.1 Å². The van der Waals surface area contributed by atoms with Gasteiger partial charge in [0.05, 0.1) is 0 Å². The number of carbonyl (C=O) groups excluding carboxylic acids is 1. The van der Waals surface area contributed by atoms with E-state index in [0.29, 0.717) is 17.5 Å². The third-order valence-corrected chi connectivity index (χ3v) is 4.61. The highest BCUT2D eigenvalue weighted by Gasteiger charge is 2.29. The summed E-state index contributed by atoms with van der Waals surface area (Å²) in [4.78, 5) is 16.6. The van der Waals surface area contributed by atoms with Crippen molar-refractivity contribution in [1.29, 1.82) is 0 Å². The lowest BCUT2D eigenvalue weighted by molar-refractivity contribution is -0.120. The summed E-state index contributed by atoms with van der Waals surface area (Å²) < 4.78 is 10.9. The van der Waals surface area contributed by atoms with Crippen molar-refractivity contribution in [3.63, 3.8) is 0 Å². The molecule has 0 spiro atoms. The quantitative estimate of drug-likeness (QED) is 0.803. The summed E-state index contributed by atoms with van der Waals surface area (Å²) >= 11 is 0. The number of hydrogen-bond donors (Lipinski definition) is 2. The molecule has 0 atom stereocenters. The topological polar surface area (TPSA) is 89.3 Å². The Balaban J connectivity index is 0.00000196. The molecule has 1 saturated carbocycles. The maximum Gasteiger partial charge on any atom is 0.229 e. The van der Waals surface area contributed by atoms with Crippen LogP contribution in [-0.2, 0) is 11.4 Å². The van der Waals surface area contributed by atoms with Crippen molar-refractivity contribution in [3.05, 3.63) is 36.0 Å². The van der Waals surface area contributed by atoms with Crippen LogP contribution in [0.25, 0.3) is 0 Å². The average Bonchev–Trinajstić information content (AvgIpc) is 3.40. The van der Waals surface area contributed by atoms with Gasteiger partial charge in [0.1, 0.15) is 5.75 Å². The number of hydrogen-bond acceptors (Lipinski definition) is 6. The van der Waals surface area contributed by atoms with Crippen molar-refractivity contribution in [2.75, 3.05) is 18.4 Å². The summed E-state index contributed by atoms with van der Waals surface area (Å²) in [6.07, 6.45) is 4.04. The number of anilines is 1. The van der Waals surface area contributed by atoms with Crippen LogP contribution in [0.15, 0.2) is 28.8 Å². The molecule has 1 amide bonds. The van der Waals surface area contributed by atoms with Gasteiger partial charge in [-0.05, 0) is 63.0 Å². The van der Waals surface area contributed by atoms with E-state index in [-0.39, 0.29) is 30.8 Å². The molecule has 2 aliphatic rings. The van der Waals surface area contributed by atoms with Crippen LogP contribution in [0, 0.1) is 5.92 Å². The van der Waals surface area contributed by atoms with Gasteiger partial charge in [-0.15, -0.1) is 12.4 Å². The lowest BCUT2D eigenvalue weighted by atomic mass is 9.97. The Morgan fingerprint density at radius 3 is 2.62 bits per heavy atom. The van der Waals surface area contributed by atoms with Crippen LogP contribution in [0.1, 0.15) is 43.3 Å². The fourth-order valence-electron chi connectivity index (χ4n) is 2.93. The number of nitrogens with one attached hydrogen (secondary N) is 2. The number of carbonyl (C=O) groups is 1. The summed E-state index contributed by atoms with van der Waals surface area (Å²) in [5.41, 5.74) is 0.784. The second-order valence-corrected chi connectivity index (χ2v) is 6.65. The predicted octanol–water partition coefficient (Wildman–Crippen LogP) is 2.89. The van der Waals surface area contributed by atoms with Gasteiger partial charge in [-0.25, -0.2) is 0 Å². The van der Waals surface area contributed by atoms with Crippen molar-refractivity contribution in [2.45, 2.75) is 38.2 Å². The standard InChI is InChI=1S/C18H22N4O3.ClH/c23-17(12-7-9-19-10-8-12)20-14-3-5-15(6-4-14)24-11-16-21-18(25-22-16)13-1-2-13;/h3-6,12-13,19H,1-2,7-11H2,(H,20,23);1H. The summed E-state index contributed by atoms with van der Waals surface area (Å²) in [5, 5.41) is 10.2. The number of halogens is 1. The van der Waals surface area contributed by atoms with Gasteiger partial charge in [-0.1, -0.05) is 5.16 Å². The normalized spacial score (nSPS) is 17.4. The molecule has 26 heavy (non-hydrogen) atoms. The summed E-state index contributed by atoms with van der Waals surface area (Å²) in [6.45, 7) is 2.09. The third kappa shape index (κ3) is 4.74. The first kappa shape index (κ1) is 18.7. The first-order valence-electron chi connectivity index (χ1n) is 8.85. The van der Waals surface area contributed by atoms with E-state index >= 15 is 0 Å². The molecule has 2 N–H and O–H groups in total. The largest absolute Gasteiger partial charge is 0.485 e. The molecule has 1 aliphatic heterocycles. The van der Waals surface area contributed by atoms with Crippen LogP contribution in [0.4, 0.5) is 5.69 Å². The minimum atomic E-state index is 0. The van der Waals surface area contributed by atoms with Gasteiger partial charge >= 0.3 is 0 Å². The molecule has 7 nitrogen and oxygen atoms in total. The summed E-state index contributed by atoms with van der Waals surface area (Å²) in [5.74, 6) is 2.62. The van der Waals surface area contributed by atoms with Crippen LogP contribution in [0.5, 0.6) is 5.75 Å². The molecule has 0 radical (unpaired) electrons. The molecule has 1 aromatic carbocycles. The molecule has 2 aromatic rings. The van der Waals surface area contributed by atoms with Crippen LogP contribution in [0.3, 0.4) is 0 Å². The highest BCUT2D eigenvalue weighted by Crippen LogP contribution is 2.38. The van der Waals surface area contributed by atoms with Crippen LogP contribution in [0.2, 0.25) is 0 Å². The molecule has 2 fully saturated rings. The SMILES string of the molecule is Cl.O=C(Nc1ccc(OCc2noc(C3CC3)n2)cc1)C1CCNCC1. The Labute approximate surface area is 158 Å². The Hall–Kier alpha value is -2.12. The molecule has 1 saturated heterocycles. The van der Waals surface area contributed by atoms with Crippen LogP contribution >= 0.6 is 12.4 Å². The van der Waals surface area contributed by atoms with Crippen LogP contribution in [-0.4, -0.2) is 29.1 Å². The molecule has 4 rings (SSSR count). The van der Waals surface area contributed by atoms with Gasteiger partial charge in [-0.2, -0.15) is 4.98 Å². The van der Waals surface area contributed by atoms with E-state index in [2.05, 4.69) is 20.8 Å². The Kier molecular flexibility index (Phi) is 6.11. The molecule has 8 heteroatoms. The Morgan fingerprint density at radius 1 is 1.19 bits per heavy atom. The Bertz CT molecular complexity index is 724. The zero-order valence-electron chi connectivity index (χ0n) is 14.4. The summed E-state index contributed by atoms with van der Waals surface area (Å²) in [6, 6.07) is 7.36. The average molecular weight is 379 g/mol. The second kappa shape index (κ2) is 8.51. The second-order valence-electron chi connectivity index (χ2n) is 6.65. The minimum Gasteiger partial charge on any atom is -0.485 e. The lowest BCUT2D eigenvalue weighted by Crippen LogP contribution is -2.34. The van der Waals surface area contributed by atoms with E-state index in [1.807, 2.05) is 24.3 Å². The van der Waals surface area contributed by atoms with Gasteiger partial charge in [-0.3, -0.25) is 4.79 Å². The number of piperidine rings is 1. The fraction of sp³-hybridized carbons (Fsp3) is 0.500. The van der Waals surface area contributed by atoms with Gasteiger partial charge in [0, 0.05) is 17.5 Å². The maximum atomic E-state index is 12.2. The van der Waals surface area contributed by atoms with E-state index in [1.165, 1.54) is 0 Å². The highest BCUT2D eigenvalue weighted by atomic mass is 35.5. The summed E-state index contributed by atoms with van der Waals surface area (Å²) in [7, 11) is 0. The smallest absolute Gasteiger partial charge is 0.229 e. The monoisotopic (exact) mass is 378 g/mol. The first-order valence-corrected chi connectivity index (χ1v) is 8.85. The molecule has 0 bridgehead atoms. The van der Waals surface area contributed by atoms with Crippen molar-refractivity contribution in [1.82, 2.24) is 15.5 Å². The molecule has 1 aromatic heterocycles. The molecule has 140 valence electrons. The lowest BCUT2D eigenvalue weighted by Gasteiger charge is -2.21. The predicted molar refractivity (Wildman–Crippen MR) is 98.5 cm³/mol. The van der Waals surface area contributed by atoms with E-state index in [9.17, 15) is 4.79 Å². The minimum absolute atomic E-state index is 0.